The lowest BCUT2D eigenvalue weighted by Gasteiger charge is -2.39. The lowest BCUT2D eigenvalue weighted by atomic mass is 9.78. The number of carbonyl (C=O) groups is 1. The van der Waals surface area contributed by atoms with E-state index >= 15 is 0 Å². The summed E-state index contributed by atoms with van der Waals surface area (Å²) in [6.07, 6.45) is 4.63. The molecule has 1 saturated carbocycles. The van der Waals surface area contributed by atoms with Crippen LogP contribution in [-0.4, -0.2) is 11.4 Å². The molecule has 1 aliphatic rings. The summed E-state index contributed by atoms with van der Waals surface area (Å²) in [6.45, 7) is 2.12. The summed E-state index contributed by atoms with van der Waals surface area (Å²) in [5, 5.41) is 3.11. The minimum atomic E-state index is -0.0499. The lowest BCUT2D eigenvalue weighted by Crippen LogP contribution is -2.50. The molecule has 1 aromatic rings. The van der Waals surface area contributed by atoms with Gasteiger partial charge in [0.1, 0.15) is 0 Å². The zero-order valence-electron chi connectivity index (χ0n) is 11.0. The number of nitrogens with one attached hydrogen (secondary N) is 1. The summed E-state index contributed by atoms with van der Waals surface area (Å²) in [4.78, 5) is 11.8. The fraction of sp³-hybridized carbons (Fsp3) is 0.533. The minimum absolute atomic E-state index is 0.0495. The van der Waals surface area contributed by atoms with Crippen LogP contribution in [-0.2, 0) is 4.79 Å². The smallest absolute Gasteiger partial charge is 0.220 e. The van der Waals surface area contributed by atoms with Gasteiger partial charge in [-0.05, 0) is 38.2 Å². The van der Waals surface area contributed by atoms with Crippen molar-refractivity contribution >= 4 is 5.91 Å². The van der Waals surface area contributed by atoms with Crippen LogP contribution < -0.4 is 11.1 Å². The first-order valence-electron chi connectivity index (χ1n) is 6.71. The zero-order valence-corrected chi connectivity index (χ0v) is 11.0. The van der Waals surface area contributed by atoms with E-state index in [2.05, 4.69) is 12.2 Å². The molecule has 2 rings (SSSR count). The molecular weight excluding hydrogens is 224 g/mol. The van der Waals surface area contributed by atoms with Crippen molar-refractivity contribution in [1.29, 1.82) is 0 Å². The molecule has 18 heavy (non-hydrogen) atoms. The van der Waals surface area contributed by atoms with E-state index in [4.69, 9.17) is 5.73 Å². The quantitative estimate of drug-likeness (QED) is 0.838. The van der Waals surface area contributed by atoms with Gasteiger partial charge in [0, 0.05) is 18.0 Å². The molecule has 3 heteroatoms. The highest BCUT2D eigenvalue weighted by Gasteiger charge is 2.32. The number of rotatable bonds is 5. The van der Waals surface area contributed by atoms with Gasteiger partial charge in [-0.15, -0.1) is 0 Å². The number of carbonyl (C=O) groups excluding carboxylic acids is 1. The average Bonchev–Trinajstić information content (AvgIpc) is 2.35. The van der Waals surface area contributed by atoms with Gasteiger partial charge >= 0.3 is 0 Å². The first-order chi connectivity index (χ1) is 8.59. The Bertz CT molecular complexity index is 398. The van der Waals surface area contributed by atoms with Gasteiger partial charge in [-0.25, -0.2) is 0 Å². The van der Waals surface area contributed by atoms with Crippen LogP contribution in [0, 0.1) is 0 Å². The van der Waals surface area contributed by atoms with E-state index in [9.17, 15) is 4.79 Å². The molecule has 1 aromatic carbocycles. The average molecular weight is 246 g/mol. The SMILES string of the molecule is CC1(NC(=O)CCC(N)c2ccccc2)CCC1. The van der Waals surface area contributed by atoms with Crippen LogP contribution in [0.15, 0.2) is 30.3 Å². The monoisotopic (exact) mass is 246 g/mol. The largest absolute Gasteiger partial charge is 0.351 e. The van der Waals surface area contributed by atoms with Crippen LogP contribution in [0.4, 0.5) is 0 Å². The van der Waals surface area contributed by atoms with E-state index in [1.165, 1.54) is 6.42 Å². The molecule has 3 nitrogen and oxygen atoms in total. The third-order valence-electron chi connectivity index (χ3n) is 3.81. The normalized spacial score (nSPS) is 18.8. The van der Waals surface area contributed by atoms with Gasteiger partial charge in [-0.2, -0.15) is 0 Å². The Morgan fingerprint density at radius 3 is 2.61 bits per heavy atom. The van der Waals surface area contributed by atoms with E-state index in [0.29, 0.717) is 12.8 Å². The van der Waals surface area contributed by atoms with Crippen LogP contribution in [0.5, 0.6) is 0 Å². The molecule has 1 unspecified atom stereocenters. The van der Waals surface area contributed by atoms with Crippen LogP contribution >= 0.6 is 0 Å². The van der Waals surface area contributed by atoms with Gasteiger partial charge in [0.15, 0.2) is 0 Å². The van der Waals surface area contributed by atoms with E-state index < -0.39 is 0 Å². The maximum atomic E-state index is 11.8. The Hall–Kier alpha value is -1.35. The molecule has 3 N–H and O–H groups in total. The maximum absolute atomic E-state index is 11.8. The number of nitrogens with two attached hydrogens (primary N) is 1. The summed E-state index contributed by atoms with van der Waals surface area (Å²) in [7, 11) is 0. The number of amides is 1. The van der Waals surface area contributed by atoms with Gasteiger partial charge in [0.25, 0.3) is 0 Å². The highest BCUT2D eigenvalue weighted by Crippen LogP contribution is 2.31. The first-order valence-corrected chi connectivity index (χ1v) is 6.71. The standard InChI is InChI=1S/C15H22N2O/c1-15(10-5-11-15)17-14(18)9-8-13(16)12-6-3-2-4-7-12/h2-4,6-7,13H,5,8-11,16H2,1H3,(H,17,18). The Balaban J connectivity index is 1.76. The highest BCUT2D eigenvalue weighted by molar-refractivity contribution is 5.76. The first kappa shape index (κ1) is 13.1. The predicted molar refractivity (Wildman–Crippen MR) is 73.0 cm³/mol. The van der Waals surface area contributed by atoms with Crippen LogP contribution in [0.2, 0.25) is 0 Å². The second kappa shape index (κ2) is 5.53. The third-order valence-corrected chi connectivity index (χ3v) is 3.81. The summed E-state index contributed by atoms with van der Waals surface area (Å²) in [5.41, 5.74) is 7.22. The molecule has 0 aromatic heterocycles. The molecule has 1 atom stereocenters. The van der Waals surface area contributed by atoms with Crippen molar-refractivity contribution in [1.82, 2.24) is 5.32 Å². The second-order valence-electron chi connectivity index (χ2n) is 5.52. The predicted octanol–water partition coefficient (Wildman–Crippen LogP) is 2.53. The topological polar surface area (TPSA) is 55.1 Å². The van der Waals surface area contributed by atoms with Crippen molar-refractivity contribution in [3.05, 3.63) is 35.9 Å². The Labute approximate surface area is 109 Å². The lowest BCUT2D eigenvalue weighted by molar-refractivity contribution is -0.124. The fourth-order valence-electron chi connectivity index (χ4n) is 2.38. The number of benzene rings is 1. The minimum Gasteiger partial charge on any atom is -0.351 e. The van der Waals surface area contributed by atoms with E-state index in [1.807, 2.05) is 30.3 Å². The molecule has 1 aliphatic carbocycles. The van der Waals surface area contributed by atoms with E-state index in [1.54, 1.807) is 0 Å². The Morgan fingerprint density at radius 1 is 1.39 bits per heavy atom. The third kappa shape index (κ3) is 3.33. The molecule has 0 bridgehead atoms. The zero-order chi connectivity index (χ0) is 13.0. The maximum Gasteiger partial charge on any atom is 0.220 e. The summed E-state index contributed by atoms with van der Waals surface area (Å²) in [6, 6.07) is 9.90. The van der Waals surface area contributed by atoms with Gasteiger partial charge < -0.3 is 11.1 Å². The van der Waals surface area contributed by atoms with Crippen molar-refractivity contribution < 1.29 is 4.79 Å². The van der Waals surface area contributed by atoms with Gasteiger partial charge in [0.2, 0.25) is 5.91 Å². The van der Waals surface area contributed by atoms with Gasteiger partial charge in [-0.3, -0.25) is 4.79 Å². The molecule has 0 radical (unpaired) electrons. The van der Waals surface area contributed by atoms with E-state index in [0.717, 1.165) is 18.4 Å². The number of hydrogen-bond acceptors (Lipinski definition) is 2. The van der Waals surface area contributed by atoms with Crippen LogP contribution in [0.1, 0.15) is 50.6 Å². The van der Waals surface area contributed by atoms with Crippen molar-refractivity contribution in [3.63, 3.8) is 0 Å². The molecule has 98 valence electrons. The molecule has 0 saturated heterocycles. The Kier molecular flexibility index (Phi) is 4.02. The van der Waals surface area contributed by atoms with Gasteiger partial charge in [0.05, 0.1) is 0 Å². The van der Waals surface area contributed by atoms with Gasteiger partial charge in [-0.1, -0.05) is 30.3 Å². The fourth-order valence-corrected chi connectivity index (χ4v) is 2.38. The molecule has 0 aliphatic heterocycles. The van der Waals surface area contributed by atoms with Crippen molar-refractivity contribution in [2.75, 3.05) is 0 Å². The van der Waals surface area contributed by atoms with Crippen molar-refractivity contribution in [3.8, 4) is 0 Å². The number of hydrogen-bond donors (Lipinski definition) is 2. The second-order valence-corrected chi connectivity index (χ2v) is 5.52. The van der Waals surface area contributed by atoms with Crippen LogP contribution in [0.25, 0.3) is 0 Å². The molecule has 1 fully saturated rings. The van der Waals surface area contributed by atoms with E-state index in [-0.39, 0.29) is 17.5 Å². The van der Waals surface area contributed by atoms with Crippen LogP contribution in [0.3, 0.4) is 0 Å². The van der Waals surface area contributed by atoms with Crippen molar-refractivity contribution in [2.45, 2.75) is 50.6 Å². The molecule has 0 heterocycles. The molecular formula is C15H22N2O. The highest BCUT2D eigenvalue weighted by atomic mass is 16.1. The summed E-state index contributed by atoms with van der Waals surface area (Å²) < 4.78 is 0. The summed E-state index contributed by atoms with van der Waals surface area (Å²) >= 11 is 0. The molecule has 1 amide bonds. The van der Waals surface area contributed by atoms with Crippen molar-refractivity contribution in [2.24, 2.45) is 5.73 Å². The molecule has 0 spiro atoms. The Morgan fingerprint density at radius 2 is 2.06 bits per heavy atom. The summed E-state index contributed by atoms with van der Waals surface area (Å²) in [5.74, 6) is 0.128.